The zero-order valence-electron chi connectivity index (χ0n) is 36.7. The minimum atomic E-state index is -5.13. The van der Waals surface area contributed by atoms with Crippen molar-refractivity contribution in [1.82, 2.24) is 45.3 Å². The zero-order chi connectivity index (χ0) is 52.0. The number of amides is 1. The molecule has 72 heavy (non-hydrogen) atoms. The minimum absolute atomic E-state index is 0.0699. The van der Waals surface area contributed by atoms with E-state index in [0.717, 1.165) is 0 Å². The summed E-state index contributed by atoms with van der Waals surface area (Å²) in [5.41, 5.74) is 9.49. The lowest BCUT2D eigenvalue weighted by molar-refractivity contribution is -0.173. The number of hydrogen-bond donors (Lipinski definition) is 7. The van der Waals surface area contributed by atoms with Crippen LogP contribution in [0.5, 0.6) is 0 Å². The predicted molar refractivity (Wildman–Crippen MR) is 244 cm³/mol. The molecule has 0 aliphatic heterocycles. The molecular formula is C46H35F9N16O. The lowest BCUT2D eigenvalue weighted by Gasteiger charge is -2.13. The summed E-state index contributed by atoms with van der Waals surface area (Å²) in [4.78, 5) is 26.1. The number of hydrazone groups is 1. The number of nitrogens with one attached hydrogen (secondary N) is 6. The van der Waals surface area contributed by atoms with Gasteiger partial charge in [-0.15, -0.1) is 0 Å². The van der Waals surface area contributed by atoms with E-state index in [4.69, 9.17) is 21.8 Å². The highest BCUT2D eigenvalue weighted by Crippen LogP contribution is 2.30. The van der Waals surface area contributed by atoms with Crippen molar-refractivity contribution in [2.24, 2.45) is 10.8 Å². The van der Waals surface area contributed by atoms with Gasteiger partial charge < -0.3 is 16.4 Å². The molecule has 0 spiro atoms. The van der Waals surface area contributed by atoms with Gasteiger partial charge in [0.2, 0.25) is 11.6 Å². The van der Waals surface area contributed by atoms with Crippen molar-refractivity contribution in [2.45, 2.75) is 32.0 Å². The molecule has 0 aliphatic carbocycles. The van der Waals surface area contributed by atoms with E-state index in [1.165, 1.54) is 77.6 Å². The number of nitriles is 1. The number of hydrogen-bond acceptors (Lipinski definition) is 13. The number of benzene rings is 3. The Balaban J connectivity index is 0.000000179. The maximum absolute atomic E-state index is 13.9. The SMILES string of the molecule is Fc1ccccc1Cn1nc(-c2n[nH]c(C(F)(F)F)n2)c2ccncc21.N#CC(=N)c1ccncc1NCc1ccccc1F.N=C(/C(N)=N/NC(=O)C(F)(F)F)c1ccncc1NCc1ccccc1F. The number of pyridine rings is 3. The molecule has 0 saturated heterocycles. The monoisotopic (exact) mass is 998 g/mol. The van der Waals surface area contributed by atoms with Gasteiger partial charge in [0.05, 0.1) is 42.0 Å². The summed E-state index contributed by atoms with van der Waals surface area (Å²) in [6.45, 7) is 0.427. The van der Waals surface area contributed by atoms with Crippen molar-refractivity contribution in [1.29, 1.82) is 16.1 Å². The first-order valence-electron chi connectivity index (χ1n) is 20.5. The Hall–Kier alpha value is -9.54. The third-order valence-corrected chi connectivity index (χ3v) is 9.74. The topological polar surface area (TPSA) is 261 Å². The summed E-state index contributed by atoms with van der Waals surface area (Å²) in [6.07, 6.45) is -1.08. The maximum atomic E-state index is 13.9. The number of amidine groups is 1. The van der Waals surface area contributed by atoms with Crippen LogP contribution in [0.4, 0.5) is 50.9 Å². The third kappa shape index (κ3) is 13.4. The highest BCUT2D eigenvalue weighted by molar-refractivity contribution is 6.46. The van der Waals surface area contributed by atoms with Crippen molar-refractivity contribution < 1.29 is 44.3 Å². The number of aromatic nitrogens is 8. The van der Waals surface area contributed by atoms with Crippen LogP contribution in [0.15, 0.2) is 133 Å². The van der Waals surface area contributed by atoms with E-state index in [1.807, 2.05) is 5.10 Å². The number of nitrogens with zero attached hydrogens (tertiary/aromatic N) is 9. The van der Waals surface area contributed by atoms with Gasteiger partial charge in [0.15, 0.2) is 5.84 Å². The third-order valence-electron chi connectivity index (χ3n) is 9.74. The van der Waals surface area contributed by atoms with Gasteiger partial charge in [-0.05, 0) is 36.4 Å². The van der Waals surface area contributed by atoms with Crippen molar-refractivity contribution >= 4 is 45.4 Å². The van der Waals surface area contributed by atoms with Crippen LogP contribution in [-0.4, -0.2) is 69.3 Å². The Labute approximate surface area is 400 Å². The van der Waals surface area contributed by atoms with Crippen LogP contribution in [0.1, 0.15) is 33.6 Å². The highest BCUT2D eigenvalue weighted by Gasteiger charge is 2.39. The van der Waals surface area contributed by atoms with Crippen molar-refractivity contribution in [3.8, 4) is 17.6 Å². The second-order valence-corrected chi connectivity index (χ2v) is 14.5. The molecule has 0 bridgehead atoms. The second-order valence-electron chi connectivity index (χ2n) is 14.5. The molecule has 0 fully saturated rings. The summed E-state index contributed by atoms with van der Waals surface area (Å²) < 4.78 is 117. The Morgan fingerprint density at radius 3 is 1.78 bits per heavy atom. The Bertz CT molecular complexity index is 3290. The van der Waals surface area contributed by atoms with Gasteiger partial charge in [-0.1, -0.05) is 54.6 Å². The maximum Gasteiger partial charge on any atom is 0.473 e. The van der Waals surface area contributed by atoms with Crippen LogP contribution in [0, 0.1) is 39.6 Å². The van der Waals surface area contributed by atoms with E-state index in [9.17, 15) is 44.3 Å². The van der Waals surface area contributed by atoms with Crippen LogP contribution in [-0.2, 0) is 30.6 Å². The number of anilines is 2. The van der Waals surface area contributed by atoms with Gasteiger partial charge in [0.1, 0.15) is 40.6 Å². The molecule has 0 radical (unpaired) electrons. The summed E-state index contributed by atoms with van der Waals surface area (Å²) in [5, 5.41) is 43.5. The highest BCUT2D eigenvalue weighted by atomic mass is 19.4. The van der Waals surface area contributed by atoms with Crippen LogP contribution >= 0.6 is 0 Å². The van der Waals surface area contributed by atoms with Gasteiger partial charge in [-0.25, -0.2) is 23.6 Å². The lowest BCUT2D eigenvalue weighted by atomic mass is 10.1. The van der Waals surface area contributed by atoms with Gasteiger partial charge in [0.25, 0.3) is 0 Å². The Kier molecular flexibility index (Phi) is 16.7. The van der Waals surface area contributed by atoms with E-state index < -0.39 is 47.3 Å². The number of nitrogens with two attached hydrogens (primary N) is 1. The summed E-state index contributed by atoms with van der Waals surface area (Å²) in [6, 6.07) is 25.0. The molecule has 0 unspecified atom stereocenters. The van der Waals surface area contributed by atoms with Crippen LogP contribution < -0.4 is 21.8 Å². The molecule has 5 heterocycles. The minimum Gasteiger partial charge on any atom is -0.380 e. The fourth-order valence-electron chi connectivity index (χ4n) is 6.19. The number of fused-ring (bicyclic) bond motifs is 1. The number of carbonyl (C=O) groups excluding carboxylic acids is 1. The van der Waals surface area contributed by atoms with Crippen molar-refractivity contribution in [2.75, 3.05) is 10.6 Å². The number of rotatable bonds is 13. The first-order chi connectivity index (χ1) is 34.3. The van der Waals surface area contributed by atoms with E-state index >= 15 is 0 Å². The molecule has 8 aromatic rings. The summed E-state index contributed by atoms with van der Waals surface area (Å²) in [7, 11) is 0. The molecule has 0 saturated carbocycles. The normalized spacial score (nSPS) is 11.3. The van der Waals surface area contributed by atoms with Crippen molar-refractivity contribution in [3.63, 3.8) is 0 Å². The Morgan fingerprint density at radius 1 is 0.736 bits per heavy atom. The van der Waals surface area contributed by atoms with E-state index in [2.05, 4.69) is 45.9 Å². The predicted octanol–water partition coefficient (Wildman–Crippen LogP) is 8.30. The molecule has 5 aromatic heterocycles. The van der Waals surface area contributed by atoms with Crippen LogP contribution in [0.25, 0.3) is 22.4 Å². The quantitative estimate of drug-likeness (QED) is 0.0250. The Morgan fingerprint density at radius 2 is 1.25 bits per heavy atom. The molecule has 1 amide bonds. The molecule has 8 rings (SSSR count). The number of H-pyrrole nitrogens is 1. The number of aromatic amines is 1. The van der Waals surface area contributed by atoms with Gasteiger partial charge >= 0.3 is 18.3 Å². The number of alkyl halides is 6. The average molecular weight is 999 g/mol. The summed E-state index contributed by atoms with van der Waals surface area (Å²) >= 11 is 0. The fourth-order valence-corrected chi connectivity index (χ4v) is 6.19. The average Bonchev–Trinajstić information content (AvgIpc) is 4.02. The van der Waals surface area contributed by atoms with Crippen molar-refractivity contribution in [3.05, 3.63) is 179 Å². The molecule has 26 heteroatoms. The standard InChI is InChI=1S/C16H14F4N6O.C16H10F4N6.C14H11FN4/c17-11-4-2-1-3-9(11)7-24-12-8-23-6-5-10(12)13(21)14(22)25-26-15(27)16(18,19)20;17-11-4-2-1-3-9(11)8-26-12-7-21-6-5-10(12)13(25-26)14-22-15(24-23-14)16(18,19)20;15-12-4-2-1-3-10(12)8-19-14-9-18-6-5-11(14)13(17)7-16/h1-6,8,21,24H,7H2,(H2,22,25)(H,26,27);1-7H,8H2,(H,22,23,24);1-6,9,17,19H,8H2. The smallest absolute Gasteiger partial charge is 0.380 e. The molecule has 0 aliphatic rings. The van der Waals surface area contributed by atoms with Gasteiger partial charge in [-0.2, -0.15) is 46.9 Å². The molecule has 8 N–H and O–H groups in total. The first-order valence-corrected chi connectivity index (χ1v) is 20.5. The second kappa shape index (κ2) is 23.2. The van der Waals surface area contributed by atoms with E-state index in [0.29, 0.717) is 38.8 Å². The van der Waals surface area contributed by atoms with Gasteiger partial charge in [0, 0.05) is 64.9 Å². The van der Waals surface area contributed by atoms with E-state index in [-0.39, 0.29) is 53.9 Å². The number of carbonyl (C=O) groups is 1. The molecular weight excluding hydrogens is 964 g/mol. The van der Waals surface area contributed by atoms with Gasteiger partial charge in [-0.3, -0.25) is 40.3 Å². The largest absolute Gasteiger partial charge is 0.473 e. The molecule has 3 aromatic carbocycles. The van der Waals surface area contributed by atoms with Crippen LogP contribution in [0.3, 0.4) is 0 Å². The summed E-state index contributed by atoms with van der Waals surface area (Å²) in [5.74, 6) is -5.49. The molecule has 368 valence electrons. The fraction of sp³-hybridized carbons (Fsp3) is 0.109. The molecule has 17 nitrogen and oxygen atoms in total. The van der Waals surface area contributed by atoms with Crippen LogP contribution in [0.2, 0.25) is 0 Å². The van der Waals surface area contributed by atoms with E-state index in [1.54, 1.807) is 66.7 Å². The first kappa shape index (κ1) is 51.8. The number of halogens is 9. The molecule has 0 atom stereocenters. The lowest BCUT2D eigenvalue weighted by Crippen LogP contribution is -2.36. The zero-order valence-corrected chi connectivity index (χ0v) is 36.7.